The third kappa shape index (κ3) is 2.76. The minimum absolute atomic E-state index is 0.102. The Labute approximate surface area is 122 Å². The Bertz CT molecular complexity index is 635. The third-order valence-electron chi connectivity index (χ3n) is 3.04. The summed E-state index contributed by atoms with van der Waals surface area (Å²) in [5, 5.41) is 0. The molecule has 0 atom stereocenters. The molecule has 108 valence electrons. The molecule has 1 amide bonds. The number of hydrogen-bond donors (Lipinski definition) is 0. The van der Waals surface area contributed by atoms with E-state index in [1.807, 2.05) is 0 Å². The minimum Gasteiger partial charge on any atom is -0.497 e. The number of carbonyl (C=O) groups excluding carboxylic acids is 2. The molecule has 0 spiro atoms. The van der Waals surface area contributed by atoms with Crippen LogP contribution in [0.5, 0.6) is 5.75 Å². The van der Waals surface area contributed by atoms with E-state index in [2.05, 4.69) is 0 Å². The highest BCUT2D eigenvalue weighted by atomic mass is 16.5. The maximum Gasteiger partial charge on any atom is 0.312 e. The second-order valence-electron chi connectivity index (χ2n) is 5.74. The van der Waals surface area contributed by atoms with Crippen molar-refractivity contribution in [3.63, 3.8) is 0 Å². The molecular formula is C15H19NO4. The molecule has 5 heteroatoms. The lowest BCUT2D eigenvalue weighted by Gasteiger charge is -2.20. The maximum absolute atomic E-state index is 12.3. The molecule has 1 aliphatic heterocycles. The van der Waals surface area contributed by atoms with Crippen molar-refractivity contribution in [2.45, 2.75) is 27.3 Å². The van der Waals surface area contributed by atoms with E-state index >= 15 is 0 Å². The molecule has 0 aliphatic carbocycles. The van der Waals surface area contributed by atoms with Gasteiger partial charge < -0.3 is 14.4 Å². The average molecular weight is 280 g/mol. The lowest BCUT2D eigenvalue weighted by atomic mass is 9.98. The Morgan fingerprint density at radius 1 is 1.45 bits per heavy atom. The Kier molecular flexibility index (Phi) is 2.76. The van der Waals surface area contributed by atoms with E-state index in [9.17, 15) is 9.59 Å². The molecule has 0 fully saturated rings. The molecule has 0 unspecified atom stereocenters. The minimum atomic E-state index is -2.57. The summed E-state index contributed by atoms with van der Waals surface area (Å²) in [5.74, 6) is -0.615. The van der Waals surface area contributed by atoms with Crippen molar-refractivity contribution in [2.75, 3.05) is 13.8 Å². The molecule has 1 aliphatic rings. The number of esters is 1. The molecule has 0 aromatic heterocycles. The smallest absolute Gasteiger partial charge is 0.312 e. The number of methoxy groups -OCH3 is 1. The van der Waals surface area contributed by atoms with E-state index in [1.54, 1.807) is 26.8 Å². The van der Waals surface area contributed by atoms with Crippen molar-refractivity contribution in [3.05, 3.63) is 29.3 Å². The molecule has 1 aromatic rings. The second kappa shape index (κ2) is 5.15. The summed E-state index contributed by atoms with van der Waals surface area (Å²) in [5.41, 5.74) is 0.453. The number of amides is 1. The van der Waals surface area contributed by atoms with Crippen LogP contribution in [0.15, 0.2) is 18.2 Å². The van der Waals surface area contributed by atoms with Gasteiger partial charge in [0.2, 0.25) is 0 Å². The summed E-state index contributed by atoms with van der Waals surface area (Å²) in [6.07, 6.45) is 0. The molecule has 20 heavy (non-hydrogen) atoms. The zero-order chi connectivity index (χ0) is 17.4. The van der Waals surface area contributed by atoms with Gasteiger partial charge in [0.1, 0.15) is 5.75 Å². The first-order chi connectivity index (χ1) is 10.5. The Morgan fingerprint density at radius 2 is 2.20 bits per heavy atom. The van der Waals surface area contributed by atoms with Crippen LogP contribution in [0.1, 0.15) is 40.8 Å². The van der Waals surface area contributed by atoms with Gasteiger partial charge in [0.25, 0.3) is 5.91 Å². The Morgan fingerprint density at radius 3 is 2.85 bits per heavy atom. The van der Waals surface area contributed by atoms with Gasteiger partial charge in [-0.2, -0.15) is 0 Å². The monoisotopic (exact) mass is 280 g/mol. The summed E-state index contributed by atoms with van der Waals surface area (Å²) in [6.45, 7) is 5.36. The van der Waals surface area contributed by atoms with E-state index in [1.165, 1.54) is 17.0 Å². The Balaban J connectivity index is 2.06. The first-order valence-corrected chi connectivity index (χ1v) is 6.26. The molecular weight excluding hydrogens is 258 g/mol. The van der Waals surface area contributed by atoms with Crippen molar-refractivity contribution >= 4 is 11.9 Å². The van der Waals surface area contributed by atoms with Gasteiger partial charge in [-0.25, -0.2) is 0 Å². The highest BCUT2D eigenvalue weighted by Crippen LogP contribution is 2.27. The third-order valence-corrected chi connectivity index (χ3v) is 3.04. The molecule has 0 saturated heterocycles. The number of hydrogen-bond acceptors (Lipinski definition) is 4. The van der Waals surface area contributed by atoms with Crippen LogP contribution in [0.25, 0.3) is 0 Å². The summed E-state index contributed by atoms with van der Waals surface area (Å²) >= 11 is 0. The fourth-order valence-electron chi connectivity index (χ4n) is 1.86. The maximum atomic E-state index is 12.3. The van der Waals surface area contributed by atoms with Crippen molar-refractivity contribution < 1.29 is 23.2 Å². The second-order valence-corrected chi connectivity index (χ2v) is 5.74. The van der Waals surface area contributed by atoms with Gasteiger partial charge in [0, 0.05) is 5.56 Å². The van der Waals surface area contributed by atoms with Crippen LogP contribution < -0.4 is 4.74 Å². The summed E-state index contributed by atoms with van der Waals surface area (Å²) in [4.78, 5) is 25.5. The fraction of sp³-hybridized carbons (Fsp3) is 0.467. The van der Waals surface area contributed by atoms with E-state index in [-0.39, 0.29) is 18.4 Å². The number of carbonyl (C=O) groups is 2. The van der Waals surface area contributed by atoms with E-state index in [0.29, 0.717) is 12.1 Å². The van der Waals surface area contributed by atoms with Crippen molar-refractivity contribution in [1.29, 1.82) is 0 Å². The summed E-state index contributed by atoms with van der Waals surface area (Å²) in [7, 11) is -2.57. The molecule has 1 aromatic carbocycles. The van der Waals surface area contributed by atoms with Crippen molar-refractivity contribution in [2.24, 2.45) is 5.41 Å². The van der Waals surface area contributed by atoms with E-state index in [4.69, 9.17) is 13.6 Å². The van der Waals surface area contributed by atoms with Crippen LogP contribution in [0.2, 0.25) is 0 Å². The zero-order valence-corrected chi connectivity index (χ0v) is 11.7. The lowest BCUT2D eigenvalue weighted by molar-refractivity contribution is -0.156. The molecule has 1 heterocycles. The SMILES string of the molecule is [2H]C([2H])([2H])Oc1ccc2c(c1)C(=O)N(COC(=O)C(C)(C)C)C2. The van der Waals surface area contributed by atoms with Crippen LogP contribution in [-0.2, 0) is 16.1 Å². The standard InChI is InChI=1S/C15H19NO4/c1-15(2,3)14(18)20-9-16-8-10-5-6-11(19-4)7-12(10)13(16)17/h5-7H,8-9H2,1-4H3/i4D3. The van der Waals surface area contributed by atoms with Gasteiger partial charge in [-0.3, -0.25) is 9.59 Å². The topological polar surface area (TPSA) is 55.8 Å². The van der Waals surface area contributed by atoms with Crippen LogP contribution in [0, 0.1) is 5.41 Å². The molecule has 0 N–H and O–H groups in total. The van der Waals surface area contributed by atoms with Crippen molar-refractivity contribution in [1.82, 2.24) is 4.90 Å². The van der Waals surface area contributed by atoms with Crippen LogP contribution in [0.3, 0.4) is 0 Å². The number of rotatable bonds is 3. The van der Waals surface area contributed by atoms with E-state index in [0.717, 1.165) is 5.56 Å². The zero-order valence-electron chi connectivity index (χ0n) is 14.7. The molecule has 0 radical (unpaired) electrons. The quantitative estimate of drug-likeness (QED) is 0.796. The predicted molar refractivity (Wildman–Crippen MR) is 73.3 cm³/mol. The normalized spacial score (nSPS) is 17.1. The van der Waals surface area contributed by atoms with Gasteiger partial charge in [0.05, 0.1) is 23.1 Å². The van der Waals surface area contributed by atoms with Gasteiger partial charge in [-0.15, -0.1) is 0 Å². The molecule has 2 rings (SSSR count). The molecule has 0 saturated carbocycles. The average Bonchev–Trinajstić information content (AvgIpc) is 2.70. The van der Waals surface area contributed by atoms with Crippen molar-refractivity contribution in [3.8, 4) is 5.75 Å². The highest BCUT2D eigenvalue weighted by Gasteiger charge is 2.30. The summed E-state index contributed by atoms with van der Waals surface area (Å²) < 4.78 is 31.2. The van der Waals surface area contributed by atoms with Gasteiger partial charge in [0.15, 0.2) is 6.73 Å². The van der Waals surface area contributed by atoms with Gasteiger partial charge in [-0.1, -0.05) is 6.07 Å². The van der Waals surface area contributed by atoms with Gasteiger partial charge in [-0.05, 0) is 38.5 Å². The van der Waals surface area contributed by atoms with Crippen LogP contribution in [-0.4, -0.2) is 30.5 Å². The fourth-order valence-corrected chi connectivity index (χ4v) is 1.86. The number of nitrogens with zero attached hydrogens (tertiary/aromatic N) is 1. The highest BCUT2D eigenvalue weighted by molar-refractivity contribution is 5.98. The van der Waals surface area contributed by atoms with Gasteiger partial charge >= 0.3 is 5.97 Å². The number of ether oxygens (including phenoxy) is 2. The largest absolute Gasteiger partial charge is 0.497 e. The van der Waals surface area contributed by atoms with Crippen LogP contribution in [0.4, 0.5) is 0 Å². The first-order valence-electron chi connectivity index (χ1n) is 7.76. The number of benzene rings is 1. The summed E-state index contributed by atoms with van der Waals surface area (Å²) in [6, 6.07) is 4.54. The number of fused-ring (bicyclic) bond motifs is 1. The first kappa shape index (κ1) is 10.7. The Hall–Kier alpha value is -2.04. The molecule has 0 bridgehead atoms. The molecule has 5 nitrogen and oxygen atoms in total. The lowest BCUT2D eigenvalue weighted by Crippen LogP contribution is -2.32. The van der Waals surface area contributed by atoms with E-state index < -0.39 is 18.4 Å². The van der Waals surface area contributed by atoms with Crippen LogP contribution >= 0.6 is 0 Å². The predicted octanol–water partition coefficient (Wildman–Crippen LogP) is 2.20.